The highest BCUT2D eigenvalue weighted by Crippen LogP contribution is 2.42. The van der Waals surface area contributed by atoms with Gasteiger partial charge in [-0.05, 0) is 55.4 Å². The summed E-state index contributed by atoms with van der Waals surface area (Å²) in [6, 6.07) is 3.58. The van der Waals surface area contributed by atoms with E-state index in [-0.39, 0.29) is 23.6 Å². The number of aryl methyl sites for hydroxylation is 1. The van der Waals surface area contributed by atoms with Crippen molar-refractivity contribution < 1.29 is 14.6 Å². The van der Waals surface area contributed by atoms with Crippen molar-refractivity contribution in [1.29, 1.82) is 0 Å². The summed E-state index contributed by atoms with van der Waals surface area (Å²) in [4.78, 5) is 22.5. The van der Waals surface area contributed by atoms with E-state index in [4.69, 9.17) is 21.3 Å². The third-order valence-electron chi connectivity index (χ3n) is 8.11. The minimum atomic E-state index is -0.624. The van der Waals surface area contributed by atoms with Crippen LogP contribution >= 0.6 is 11.6 Å². The molecule has 0 spiro atoms. The molecule has 2 N–H and O–H groups in total. The molecule has 1 saturated heterocycles. The highest BCUT2D eigenvalue weighted by atomic mass is 35.5. The second-order valence-electron chi connectivity index (χ2n) is 11.1. The van der Waals surface area contributed by atoms with Crippen LogP contribution in [0.25, 0.3) is 11.2 Å². The van der Waals surface area contributed by atoms with Crippen molar-refractivity contribution in [1.82, 2.24) is 39.1 Å². The summed E-state index contributed by atoms with van der Waals surface area (Å²) < 4.78 is 10.8. The summed E-state index contributed by atoms with van der Waals surface area (Å²) in [5.41, 5.74) is 6.39. The van der Waals surface area contributed by atoms with E-state index in [1.807, 2.05) is 41.1 Å². The first-order chi connectivity index (χ1) is 19.9. The molecular formula is C29H31ClN8O3. The summed E-state index contributed by atoms with van der Waals surface area (Å²) >= 11 is 6.43. The van der Waals surface area contributed by atoms with Crippen LogP contribution < -0.4 is 5.32 Å². The molecule has 212 valence electrons. The van der Waals surface area contributed by atoms with Gasteiger partial charge in [-0.25, -0.2) is 14.6 Å². The topological polar surface area (TPSA) is 124 Å². The van der Waals surface area contributed by atoms with Gasteiger partial charge in [0, 0.05) is 35.1 Å². The Balaban J connectivity index is 1.10. The maximum atomic E-state index is 13.1. The SMILES string of the molecule is CCc1c(Cl)ccn2cnc(C(C)NC(=O)c3cn(Cc4cn5cc(C6CC6)cc(C(O)C6COC6)c5n4)nn3)c12. The van der Waals surface area contributed by atoms with E-state index in [1.165, 1.54) is 18.4 Å². The van der Waals surface area contributed by atoms with Crippen LogP contribution in [0.1, 0.15) is 83.3 Å². The molecule has 6 heterocycles. The number of aliphatic hydroxyl groups is 1. The number of aromatic nitrogens is 7. The van der Waals surface area contributed by atoms with Crippen LogP contribution in [0.3, 0.4) is 0 Å². The number of hydrogen-bond donors (Lipinski definition) is 2. The monoisotopic (exact) mass is 574 g/mol. The van der Waals surface area contributed by atoms with Crippen LogP contribution in [0.2, 0.25) is 5.02 Å². The lowest BCUT2D eigenvalue weighted by molar-refractivity contribution is -0.0921. The Bertz CT molecular complexity index is 1770. The van der Waals surface area contributed by atoms with Gasteiger partial charge in [-0.2, -0.15) is 0 Å². The molecule has 0 radical (unpaired) electrons. The van der Waals surface area contributed by atoms with Crippen LogP contribution in [-0.2, 0) is 17.7 Å². The predicted molar refractivity (Wildman–Crippen MR) is 151 cm³/mol. The smallest absolute Gasteiger partial charge is 0.273 e. The Kier molecular flexibility index (Phi) is 6.52. The van der Waals surface area contributed by atoms with E-state index in [1.54, 1.807) is 17.2 Å². The number of amides is 1. The maximum Gasteiger partial charge on any atom is 0.273 e. The number of aliphatic hydroxyl groups excluding tert-OH is 1. The highest BCUT2D eigenvalue weighted by molar-refractivity contribution is 6.31. The number of pyridine rings is 2. The standard InChI is InChI=1S/C29H31ClN8O3/c1-3-21-23(30)6-7-36-15-31-25(26(21)36)16(2)32-29(40)24-12-38(35-34-24)11-20-10-37-9-18(17-4-5-17)8-22(28(37)33-20)27(39)19-13-41-14-19/h6-10,12,15-17,19,27,39H,3-5,11,13-14H2,1-2H3,(H,32,40). The van der Waals surface area contributed by atoms with E-state index in [9.17, 15) is 9.90 Å². The van der Waals surface area contributed by atoms with Gasteiger partial charge in [0.05, 0.1) is 61.3 Å². The Hall–Kier alpha value is -3.80. The summed E-state index contributed by atoms with van der Waals surface area (Å²) in [5.74, 6) is 0.276. The molecule has 2 fully saturated rings. The van der Waals surface area contributed by atoms with Crippen molar-refractivity contribution in [3.8, 4) is 0 Å². The van der Waals surface area contributed by atoms with Crippen LogP contribution in [0.5, 0.6) is 0 Å². The van der Waals surface area contributed by atoms with Crippen molar-refractivity contribution >= 4 is 28.7 Å². The minimum Gasteiger partial charge on any atom is -0.388 e. The zero-order valence-corrected chi connectivity index (χ0v) is 23.6. The minimum absolute atomic E-state index is 0.0814. The quantitative estimate of drug-likeness (QED) is 0.274. The number of rotatable bonds is 9. The molecule has 5 aromatic heterocycles. The number of nitrogens with zero attached hydrogens (tertiary/aromatic N) is 7. The first-order valence-electron chi connectivity index (χ1n) is 14.0. The predicted octanol–water partition coefficient (Wildman–Crippen LogP) is 3.89. The molecule has 11 nitrogen and oxygen atoms in total. The molecule has 1 aliphatic carbocycles. The second-order valence-corrected chi connectivity index (χ2v) is 11.5. The van der Waals surface area contributed by atoms with E-state index < -0.39 is 6.10 Å². The molecule has 12 heteroatoms. The molecule has 0 bridgehead atoms. The normalized spacial score (nSPS) is 17.2. The van der Waals surface area contributed by atoms with Crippen molar-refractivity contribution in [2.24, 2.45) is 5.92 Å². The van der Waals surface area contributed by atoms with Gasteiger partial charge in [-0.15, -0.1) is 5.10 Å². The van der Waals surface area contributed by atoms with Gasteiger partial charge in [0.15, 0.2) is 5.69 Å². The fourth-order valence-electron chi connectivity index (χ4n) is 5.62. The molecule has 5 aromatic rings. The van der Waals surface area contributed by atoms with Gasteiger partial charge in [0.1, 0.15) is 5.65 Å². The number of carbonyl (C=O) groups excluding carboxylic acids is 1. The van der Waals surface area contributed by atoms with Crippen molar-refractivity contribution in [3.05, 3.63) is 82.0 Å². The summed E-state index contributed by atoms with van der Waals surface area (Å²) in [5, 5.41) is 23.0. The molecule has 2 unspecified atom stereocenters. The Morgan fingerprint density at radius 2 is 2.07 bits per heavy atom. The van der Waals surface area contributed by atoms with Crippen LogP contribution in [0, 0.1) is 5.92 Å². The van der Waals surface area contributed by atoms with Gasteiger partial charge in [-0.1, -0.05) is 23.7 Å². The third-order valence-corrected chi connectivity index (χ3v) is 8.47. The Morgan fingerprint density at radius 1 is 1.24 bits per heavy atom. The van der Waals surface area contributed by atoms with Crippen LogP contribution in [-0.4, -0.2) is 58.0 Å². The first kappa shape index (κ1) is 26.1. The number of fused-ring (bicyclic) bond motifs is 2. The van der Waals surface area contributed by atoms with E-state index in [2.05, 4.69) is 32.9 Å². The Morgan fingerprint density at radius 3 is 2.80 bits per heavy atom. The number of ether oxygens (including phenoxy) is 1. The number of halogens is 1. The van der Waals surface area contributed by atoms with E-state index >= 15 is 0 Å². The molecule has 7 rings (SSSR count). The molecule has 41 heavy (non-hydrogen) atoms. The van der Waals surface area contributed by atoms with Gasteiger partial charge < -0.3 is 24.0 Å². The number of hydrogen-bond acceptors (Lipinski definition) is 7. The van der Waals surface area contributed by atoms with Gasteiger partial charge >= 0.3 is 0 Å². The van der Waals surface area contributed by atoms with Crippen molar-refractivity contribution in [3.63, 3.8) is 0 Å². The zero-order valence-electron chi connectivity index (χ0n) is 22.9. The molecular weight excluding hydrogens is 544 g/mol. The lowest BCUT2D eigenvalue weighted by Gasteiger charge is -2.31. The molecule has 1 saturated carbocycles. The summed E-state index contributed by atoms with van der Waals surface area (Å²) in [7, 11) is 0. The second kappa shape index (κ2) is 10.2. The van der Waals surface area contributed by atoms with Crippen molar-refractivity contribution in [2.45, 2.75) is 57.7 Å². The summed E-state index contributed by atoms with van der Waals surface area (Å²) in [6.45, 7) is 5.38. The first-order valence-corrected chi connectivity index (χ1v) is 14.4. The fraction of sp³-hybridized carbons (Fsp3) is 0.414. The fourth-order valence-corrected chi connectivity index (χ4v) is 5.90. The molecule has 1 aliphatic heterocycles. The van der Waals surface area contributed by atoms with Crippen LogP contribution in [0.15, 0.2) is 43.2 Å². The maximum absolute atomic E-state index is 13.1. The largest absolute Gasteiger partial charge is 0.388 e. The lowest BCUT2D eigenvalue weighted by Crippen LogP contribution is -2.33. The Labute approximate surface area is 241 Å². The number of carbonyl (C=O) groups is 1. The molecule has 2 aliphatic rings. The molecule has 2 atom stereocenters. The van der Waals surface area contributed by atoms with Crippen LogP contribution in [0.4, 0.5) is 0 Å². The highest BCUT2D eigenvalue weighted by Gasteiger charge is 2.32. The van der Waals surface area contributed by atoms with Gasteiger partial charge in [0.25, 0.3) is 5.91 Å². The lowest BCUT2D eigenvalue weighted by atomic mass is 9.93. The van der Waals surface area contributed by atoms with Gasteiger partial charge in [0.2, 0.25) is 0 Å². The van der Waals surface area contributed by atoms with E-state index in [0.29, 0.717) is 30.7 Å². The third kappa shape index (κ3) is 4.77. The summed E-state index contributed by atoms with van der Waals surface area (Å²) in [6.07, 6.45) is 11.7. The number of nitrogens with one attached hydrogen (secondary N) is 1. The molecule has 1 amide bonds. The van der Waals surface area contributed by atoms with E-state index in [0.717, 1.165) is 40.1 Å². The number of imidazole rings is 2. The molecule has 0 aromatic carbocycles. The average molecular weight is 575 g/mol. The average Bonchev–Trinajstić information content (AvgIpc) is 3.32. The van der Waals surface area contributed by atoms with Gasteiger partial charge in [-0.3, -0.25) is 4.79 Å². The zero-order chi connectivity index (χ0) is 28.2. The van der Waals surface area contributed by atoms with Crippen molar-refractivity contribution in [2.75, 3.05) is 13.2 Å².